The second-order valence-electron chi connectivity index (χ2n) is 6.10. The summed E-state index contributed by atoms with van der Waals surface area (Å²) in [6.07, 6.45) is 1.74. The van der Waals surface area contributed by atoms with E-state index in [1.165, 1.54) is 0 Å². The quantitative estimate of drug-likeness (QED) is 0.773. The van der Waals surface area contributed by atoms with Crippen LogP contribution in [0.25, 0.3) is 0 Å². The molecule has 0 aliphatic carbocycles. The lowest BCUT2D eigenvalue weighted by molar-refractivity contribution is 0.445. The van der Waals surface area contributed by atoms with Gasteiger partial charge in [-0.15, -0.1) is 0 Å². The third kappa shape index (κ3) is 4.18. The highest BCUT2D eigenvalue weighted by Crippen LogP contribution is 2.35. The van der Waals surface area contributed by atoms with E-state index in [0.717, 1.165) is 21.2 Å². The van der Waals surface area contributed by atoms with Gasteiger partial charge in [-0.1, -0.05) is 67.0 Å². The molecule has 0 aromatic heterocycles. The van der Waals surface area contributed by atoms with Crippen molar-refractivity contribution in [2.45, 2.75) is 32.7 Å². The first-order valence-corrected chi connectivity index (χ1v) is 7.74. The Labute approximate surface area is 134 Å². The van der Waals surface area contributed by atoms with Crippen LogP contribution in [-0.4, -0.2) is 11.3 Å². The Morgan fingerprint density at radius 3 is 2.43 bits per heavy atom. The molecular weight excluding hydrogens is 326 g/mol. The minimum absolute atomic E-state index is 0.115. The van der Waals surface area contributed by atoms with Crippen molar-refractivity contribution in [2.24, 2.45) is 4.99 Å². The van der Waals surface area contributed by atoms with Crippen molar-refractivity contribution in [2.75, 3.05) is 0 Å². The summed E-state index contributed by atoms with van der Waals surface area (Å²) in [6, 6.07) is 13.9. The maximum atomic E-state index is 10.4. The van der Waals surface area contributed by atoms with Gasteiger partial charge in [0.2, 0.25) is 0 Å². The van der Waals surface area contributed by atoms with E-state index < -0.39 is 0 Å². The first kappa shape index (κ1) is 15.8. The van der Waals surface area contributed by atoms with E-state index >= 15 is 0 Å². The van der Waals surface area contributed by atoms with Gasteiger partial charge in [-0.25, -0.2) is 0 Å². The fourth-order valence-corrected chi connectivity index (χ4v) is 2.60. The van der Waals surface area contributed by atoms with E-state index in [4.69, 9.17) is 0 Å². The summed E-state index contributed by atoms with van der Waals surface area (Å²) in [6.45, 7) is 6.86. The lowest BCUT2D eigenvalue weighted by Gasteiger charge is -2.21. The summed E-state index contributed by atoms with van der Waals surface area (Å²) in [5.41, 5.74) is 2.69. The number of benzene rings is 2. The Bertz CT molecular complexity index is 642. The largest absolute Gasteiger partial charge is 0.507 e. The molecule has 0 atom stereocenters. The summed E-state index contributed by atoms with van der Waals surface area (Å²) in [4.78, 5) is 4.43. The molecule has 0 amide bonds. The van der Waals surface area contributed by atoms with Crippen LogP contribution in [0.4, 0.5) is 0 Å². The van der Waals surface area contributed by atoms with Gasteiger partial charge in [-0.3, -0.25) is 4.99 Å². The summed E-state index contributed by atoms with van der Waals surface area (Å²) in [7, 11) is 0. The third-order valence-corrected chi connectivity index (χ3v) is 3.72. The van der Waals surface area contributed by atoms with Crippen molar-refractivity contribution in [3.63, 3.8) is 0 Å². The van der Waals surface area contributed by atoms with Crippen molar-refractivity contribution in [1.29, 1.82) is 0 Å². The predicted molar refractivity (Wildman–Crippen MR) is 92.2 cm³/mol. The Balaban J connectivity index is 2.26. The normalized spacial score (nSPS) is 12.0. The van der Waals surface area contributed by atoms with Gasteiger partial charge in [0.05, 0.1) is 6.54 Å². The van der Waals surface area contributed by atoms with E-state index in [2.05, 4.69) is 41.7 Å². The van der Waals surface area contributed by atoms with Gasteiger partial charge in [0, 0.05) is 21.8 Å². The highest BCUT2D eigenvalue weighted by molar-refractivity contribution is 9.10. The van der Waals surface area contributed by atoms with Gasteiger partial charge in [0.15, 0.2) is 0 Å². The number of aromatic hydroxyl groups is 1. The molecule has 0 aliphatic rings. The molecule has 0 fully saturated rings. The van der Waals surface area contributed by atoms with Crippen LogP contribution in [0, 0.1) is 0 Å². The molecule has 0 unspecified atom stereocenters. The molecule has 0 saturated carbocycles. The predicted octanol–water partition coefficient (Wildman–Crippen LogP) is 5.07. The van der Waals surface area contributed by atoms with Crippen LogP contribution in [0.15, 0.2) is 51.9 Å². The molecule has 2 aromatic carbocycles. The zero-order valence-corrected chi connectivity index (χ0v) is 14.2. The van der Waals surface area contributed by atoms with E-state index in [-0.39, 0.29) is 5.41 Å². The van der Waals surface area contributed by atoms with Gasteiger partial charge >= 0.3 is 0 Å². The number of hydrogen-bond donors (Lipinski definition) is 1. The lowest BCUT2D eigenvalue weighted by Crippen LogP contribution is -2.12. The molecule has 3 heteroatoms. The fourth-order valence-electron chi connectivity index (χ4n) is 2.12. The molecule has 0 radical (unpaired) electrons. The van der Waals surface area contributed by atoms with Crippen LogP contribution in [0.5, 0.6) is 5.75 Å². The molecule has 21 heavy (non-hydrogen) atoms. The standard InChI is InChI=1S/C18H20BrNO/c1-18(2,3)16-10-15(19)9-14(17(16)21)12-20-11-13-7-5-4-6-8-13/h4-10,12,21H,11H2,1-3H3. The molecule has 1 N–H and O–H groups in total. The maximum Gasteiger partial charge on any atom is 0.128 e. The van der Waals surface area contributed by atoms with Crippen LogP contribution < -0.4 is 0 Å². The lowest BCUT2D eigenvalue weighted by atomic mass is 9.85. The van der Waals surface area contributed by atoms with Crippen LogP contribution in [0.2, 0.25) is 0 Å². The summed E-state index contributed by atoms with van der Waals surface area (Å²) in [5, 5.41) is 10.4. The Morgan fingerprint density at radius 1 is 1.14 bits per heavy atom. The Hall–Kier alpha value is -1.61. The maximum absolute atomic E-state index is 10.4. The van der Waals surface area contributed by atoms with E-state index in [0.29, 0.717) is 12.3 Å². The van der Waals surface area contributed by atoms with Crippen LogP contribution in [0.3, 0.4) is 0 Å². The van der Waals surface area contributed by atoms with Gasteiger partial charge in [-0.2, -0.15) is 0 Å². The number of nitrogens with zero attached hydrogens (tertiary/aromatic N) is 1. The number of phenols is 1. The zero-order valence-electron chi connectivity index (χ0n) is 12.6. The molecule has 0 saturated heterocycles. The highest BCUT2D eigenvalue weighted by atomic mass is 79.9. The van der Waals surface area contributed by atoms with Crippen molar-refractivity contribution < 1.29 is 5.11 Å². The average molecular weight is 346 g/mol. The SMILES string of the molecule is CC(C)(C)c1cc(Br)cc(C=NCc2ccccc2)c1O. The first-order valence-electron chi connectivity index (χ1n) is 6.94. The topological polar surface area (TPSA) is 32.6 Å². The minimum Gasteiger partial charge on any atom is -0.507 e. The van der Waals surface area contributed by atoms with Crippen LogP contribution in [0.1, 0.15) is 37.5 Å². The third-order valence-electron chi connectivity index (χ3n) is 3.26. The minimum atomic E-state index is -0.115. The average Bonchev–Trinajstić information content (AvgIpc) is 2.42. The van der Waals surface area contributed by atoms with Gasteiger partial charge < -0.3 is 5.11 Å². The molecule has 0 spiro atoms. The van der Waals surface area contributed by atoms with E-state index in [1.807, 2.05) is 42.5 Å². The molecule has 2 rings (SSSR count). The van der Waals surface area contributed by atoms with E-state index in [1.54, 1.807) is 6.21 Å². The second kappa shape index (κ2) is 6.44. The highest BCUT2D eigenvalue weighted by Gasteiger charge is 2.20. The fraction of sp³-hybridized carbons (Fsp3) is 0.278. The Kier molecular flexibility index (Phi) is 4.84. The molecule has 110 valence electrons. The van der Waals surface area contributed by atoms with Crippen molar-refractivity contribution in [3.8, 4) is 5.75 Å². The molecule has 0 bridgehead atoms. The molecule has 2 aromatic rings. The summed E-state index contributed by atoms with van der Waals surface area (Å²) < 4.78 is 0.950. The number of phenolic OH excluding ortho intramolecular Hbond substituents is 1. The summed E-state index contributed by atoms with van der Waals surface area (Å²) >= 11 is 3.50. The summed E-state index contributed by atoms with van der Waals surface area (Å²) in [5.74, 6) is 0.308. The Morgan fingerprint density at radius 2 is 1.81 bits per heavy atom. The molecule has 2 nitrogen and oxygen atoms in total. The second-order valence-corrected chi connectivity index (χ2v) is 7.01. The number of rotatable bonds is 3. The number of hydrogen-bond acceptors (Lipinski definition) is 2. The van der Waals surface area contributed by atoms with Crippen molar-refractivity contribution in [1.82, 2.24) is 0 Å². The molecule has 0 aliphatic heterocycles. The van der Waals surface area contributed by atoms with Gasteiger partial charge in [-0.05, 0) is 23.1 Å². The van der Waals surface area contributed by atoms with E-state index in [9.17, 15) is 5.11 Å². The van der Waals surface area contributed by atoms with Gasteiger partial charge in [0.1, 0.15) is 5.75 Å². The van der Waals surface area contributed by atoms with Crippen LogP contribution in [-0.2, 0) is 12.0 Å². The van der Waals surface area contributed by atoms with Crippen LogP contribution >= 0.6 is 15.9 Å². The number of aliphatic imine (C=N–C) groups is 1. The van der Waals surface area contributed by atoms with Gasteiger partial charge in [0.25, 0.3) is 0 Å². The number of halogens is 1. The smallest absolute Gasteiger partial charge is 0.128 e. The monoisotopic (exact) mass is 345 g/mol. The first-order chi connectivity index (χ1) is 9.88. The van der Waals surface area contributed by atoms with Crippen molar-refractivity contribution in [3.05, 3.63) is 63.6 Å². The zero-order chi connectivity index (χ0) is 15.5. The molecular formula is C18H20BrNO. The van der Waals surface area contributed by atoms with Crippen molar-refractivity contribution >= 4 is 22.1 Å². The molecule has 0 heterocycles.